The van der Waals surface area contributed by atoms with Gasteiger partial charge in [0.2, 0.25) is 5.91 Å². The molecule has 0 saturated carbocycles. The van der Waals surface area contributed by atoms with Crippen LogP contribution in [0.4, 0.5) is 11.4 Å². The summed E-state index contributed by atoms with van der Waals surface area (Å²) in [5.41, 5.74) is 2.73. The van der Waals surface area contributed by atoms with Crippen molar-refractivity contribution in [2.45, 2.75) is 24.7 Å². The summed E-state index contributed by atoms with van der Waals surface area (Å²) in [6.45, 7) is 1.92. The van der Waals surface area contributed by atoms with Crippen LogP contribution in [0, 0.1) is 0 Å². The van der Waals surface area contributed by atoms with Gasteiger partial charge in [-0.2, -0.15) is 0 Å². The summed E-state index contributed by atoms with van der Waals surface area (Å²) in [5, 5.41) is 3.56. The number of amides is 1. The Kier molecular flexibility index (Phi) is 5.97. The predicted octanol–water partition coefficient (Wildman–Crippen LogP) is 4.90. The van der Waals surface area contributed by atoms with Gasteiger partial charge in [0.15, 0.2) is 0 Å². The number of pyridine rings is 1. The first-order chi connectivity index (χ1) is 14.9. The SMILES string of the molecule is CCCC(=O)Nc1ccc(S(=O)(=O)Nc2ccc(-c3nc4cccnc4s3)cc2)cc1. The van der Waals surface area contributed by atoms with E-state index in [1.807, 2.05) is 31.2 Å². The molecule has 2 N–H and O–H groups in total. The number of fused-ring (bicyclic) bond motifs is 1. The van der Waals surface area contributed by atoms with Crippen molar-refractivity contribution in [2.24, 2.45) is 0 Å². The molecule has 0 fully saturated rings. The molecule has 2 heterocycles. The van der Waals surface area contributed by atoms with Gasteiger partial charge >= 0.3 is 0 Å². The number of hydrogen-bond donors (Lipinski definition) is 2. The summed E-state index contributed by atoms with van der Waals surface area (Å²) in [6, 6.07) is 16.9. The molecule has 0 atom stereocenters. The minimum atomic E-state index is -3.75. The van der Waals surface area contributed by atoms with E-state index in [1.54, 1.807) is 30.5 Å². The summed E-state index contributed by atoms with van der Waals surface area (Å²) < 4.78 is 28.0. The van der Waals surface area contributed by atoms with Crippen LogP contribution in [0.5, 0.6) is 0 Å². The Bertz CT molecular complexity index is 1280. The van der Waals surface area contributed by atoms with Gasteiger partial charge in [0.25, 0.3) is 10.0 Å². The third-order valence-electron chi connectivity index (χ3n) is 4.48. The maximum atomic E-state index is 12.7. The molecule has 31 heavy (non-hydrogen) atoms. The van der Waals surface area contributed by atoms with Gasteiger partial charge in [-0.25, -0.2) is 18.4 Å². The van der Waals surface area contributed by atoms with Crippen LogP contribution in [0.2, 0.25) is 0 Å². The highest BCUT2D eigenvalue weighted by Crippen LogP contribution is 2.29. The normalized spacial score (nSPS) is 11.4. The molecule has 2 aromatic carbocycles. The van der Waals surface area contributed by atoms with E-state index in [9.17, 15) is 13.2 Å². The minimum Gasteiger partial charge on any atom is -0.326 e. The Morgan fingerprint density at radius 1 is 1.00 bits per heavy atom. The van der Waals surface area contributed by atoms with Crippen LogP contribution in [0.15, 0.2) is 71.8 Å². The number of nitrogens with one attached hydrogen (secondary N) is 2. The zero-order valence-corrected chi connectivity index (χ0v) is 18.3. The molecular formula is C22H20N4O3S2. The van der Waals surface area contributed by atoms with E-state index < -0.39 is 10.0 Å². The number of hydrogen-bond acceptors (Lipinski definition) is 6. The molecule has 4 aromatic rings. The second kappa shape index (κ2) is 8.83. The Labute approximate surface area is 184 Å². The number of nitrogens with zero attached hydrogens (tertiary/aromatic N) is 2. The first kappa shape index (κ1) is 21.0. The van der Waals surface area contributed by atoms with Crippen LogP contribution in [-0.2, 0) is 14.8 Å². The molecule has 0 aliphatic carbocycles. The van der Waals surface area contributed by atoms with Crippen molar-refractivity contribution in [3.05, 3.63) is 66.9 Å². The molecule has 0 spiro atoms. The number of benzene rings is 2. The standard InChI is InChI=1S/C22H20N4O3S2/c1-2-4-20(27)24-16-10-12-18(13-11-16)31(28,29)26-17-8-6-15(7-9-17)21-25-19-5-3-14-23-22(19)30-21/h3,5-14,26H,2,4H2,1H3,(H,24,27). The van der Waals surface area contributed by atoms with E-state index in [1.165, 1.54) is 23.5 Å². The molecule has 1 amide bonds. The van der Waals surface area contributed by atoms with Crippen LogP contribution >= 0.6 is 11.3 Å². The highest BCUT2D eigenvalue weighted by Gasteiger charge is 2.15. The number of thiazole rings is 1. The molecule has 0 aliphatic heterocycles. The summed E-state index contributed by atoms with van der Waals surface area (Å²) in [7, 11) is -3.75. The minimum absolute atomic E-state index is 0.0970. The third kappa shape index (κ3) is 4.89. The van der Waals surface area contributed by atoms with E-state index in [2.05, 4.69) is 20.0 Å². The Morgan fingerprint density at radius 3 is 2.39 bits per heavy atom. The number of anilines is 2. The fourth-order valence-corrected chi connectivity index (χ4v) is 4.93. The van der Waals surface area contributed by atoms with Crippen molar-refractivity contribution < 1.29 is 13.2 Å². The zero-order valence-electron chi connectivity index (χ0n) is 16.7. The second-order valence-corrected chi connectivity index (χ2v) is 9.51. The van der Waals surface area contributed by atoms with Crippen molar-refractivity contribution in [1.29, 1.82) is 0 Å². The first-order valence-electron chi connectivity index (χ1n) is 9.69. The maximum absolute atomic E-state index is 12.7. The Balaban J connectivity index is 1.47. The molecule has 0 radical (unpaired) electrons. The Morgan fingerprint density at radius 2 is 1.71 bits per heavy atom. The average molecular weight is 453 g/mol. The van der Waals surface area contributed by atoms with Crippen LogP contribution in [0.1, 0.15) is 19.8 Å². The molecule has 0 saturated heterocycles. The van der Waals surface area contributed by atoms with Crippen molar-refractivity contribution in [2.75, 3.05) is 10.0 Å². The number of rotatable bonds is 7. The molecule has 7 nitrogen and oxygen atoms in total. The molecule has 0 unspecified atom stereocenters. The van der Waals surface area contributed by atoms with Crippen LogP contribution in [0.25, 0.3) is 20.9 Å². The van der Waals surface area contributed by atoms with Crippen LogP contribution < -0.4 is 10.0 Å². The van der Waals surface area contributed by atoms with Crippen molar-refractivity contribution in [1.82, 2.24) is 9.97 Å². The summed E-state index contributed by atoms with van der Waals surface area (Å²) in [5.74, 6) is -0.0970. The van der Waals surface area contributed by atoms with Gasteiger partial charge in [0, 0.05) is 29.6 Å². The fraction of sp³-hybridized carbons (Fsp3) is 0.136. The lowest BCUT2D eigenvalue weighted by molar-refractivity contribution is -0.116. The van der Waals surface area contributed by atoms with Crippen LogP contribution in [-0.4, -0.2) is 24.3 Å². The van der Waals surface area contributed by atoms with Crippen LogP contribution in [0.3, 0.4) is 0 Å². The molecule has 9 heteroatoms. The van der Waals surface area contributed by atoms with Gasteiger partial charge < -0.3 is 5.32 Å². The smallest absolute Gasteiger partial charge is 0.261 e. The molecule has 4 rings (SSSR count). The highest BCUT2D eigenvalue weighted by molar-refractivity contribution is 7.92. The van der Waals surface area contributed by atoms with Gasteiger partial charge in [-0.15, -0.1) is 0 Å². The van der Waals surface area contributed by atoms with E-state index >= 15 is 0 Å². The molecule has 0 aliphatic rings. The lowest BCUT2D eigenvalue weighted by atomic mass is 10.2. The zero-order chi connectivity index (χ0) is 21.8. The predicted molar refractivity (Wildman–Crippen MR) is 124 cm³/mol. The van der Waals surface area contributed by atoms with Crippen molar-refractivity contribution in [3.8, 4) is 10.6 Å². The lowest BCUT2D eigenvalue weighted by Crippen LogP contribution is -2.13. The van der Waals surface area contributed by atoms with Gasteiger partial charge in [0.05, 0.1) is 4.90 Å². The average Bonchev–Trinajstić information content (AvgIpc) is 3.19. The summed E-state index contributed by atoms with van der Waals surface area (Å²) in [4.78, 5) is 21.5. The number of sulfonamides is 1. The number of carbonyl (C=O) groups excluding carboxylic acids is 1. The van der Waals surface area contributed by atoms with E-state index in [4.69, 9.17) is 0 Å². The number of carbonyl (C=O) groups is 1. The van der Waals surface area contributed by atoms with Gasteiger partial charge in [-0.05, 0) is 67.1 Å². The van der Waals surface area contributed by atoms with Crippen molar-refractivity contribution >= 4 is 49.0 Å². The van der Waals surface area contributed by atoms with Gasteiger partial charge in [0.1, 0.15) is 15.4 Å². The van der Waals surface area contributed by atoms with Gasteiger partial charge in [-0.1, -0.05) is 18.3 Å². The number of aromatic nitrogens is 2. The van der Waals surface area contributed by atoms with E-state index in [0.29, 0.717) is 17.8 Å². The fourth-order valence-electron chi connectivity index (χ4n) is 2.96. The lowest BCUT2D eigenvalue weighted by Gasteiger charge is -2.10. The largest absolute Gasteiger partial charge is 0.326 e. The summed E-state index contributed by atoms with van der Waals surface area (Å²) >= 11 is 1.48. The topological polar surface area (TPSA) is 101 Å². The monoisotopic (exact) mass is 452 g/mol. The molecule has 158 valence electrons. The highest BCUT2D eigenvalue weighted by atomic mass is 32.2. The second-order valence-electron chi connectivity index (χ2n) is 6.85. The summed E-state index contributed by atoms with van der Waals surface area (Å²) in [6.07, 6.45) is 2.90. The van der Waals surface area contributed by atoms with Gasteiger partial charge in [-0.3, -0.25) is 9.52 Å². The Hall–Kier alpha value is -3.30. The van der Waals surface area contributed by atoms with Crippen molar-refractivity contribution in [3.63, 3.8) is 0 Å². The van der Waals surface area contributed by atoms with E-state index in [-0.39, 0.29) is 10.8 Å². The molecular weight excluding hydrogens is 432 g/mol. The quantitative estimate of drug-likeness (QED) is 0.415. The van der Waals surface area contributed by atoms with E-state index in [0.717, 1.165) is 27.3 Å². The third-order valence-corrected chi connectivity index (χ3v) is 6.90. The molecule has 2 aromatic heterocycles. The molecule has 0 bridgehead atoms. The first-order valence-corrected chi connectivity index (χ1v) is 12.0. The maximum Gasteiger partial charge on any atom is 0.261 e.